The predicted molar refractivity (Wildman–Crippen MR) is 171 cm³/mol. The second-order valence-corrected chi connectivity index (χ2v) is 13.3. The van der Waals surface area contributed by atoms with E-state index in [2.05, 4.69) is 5.32 Å². The fourth-order valence-electron chi connectivity index (χ4n) is 4.36. The summed E-state index contributed by atoms with van der Waals surface area (Å²) in [5, 5.41) is 3.99. The second-order valence-electron chi connectivity index (χ2n) is 10.2. The molecule has 0 saturated heterocycles. The van der Waals surface area contributed by atoms with Crippen molar-refractivity contribution < 1.29 is 18.0 Å². The molecule has 0 aliphatic carbocycles. The van der Waals surface area contributed by atoms with E-state index in [0.29, 0.717) is 32.7 Å². The maximum atomic E-state index is 14.2. The lowest BCUT2D eigenvalue weighted by molar-refractivity contribution is -0.140. The Bertz CT molecular complexity index is 1510. The van der Waals surface area contributed by atoms with Crippen LogP contribution in [0.25, 0.3) is 0 Å². The number of anilines is 1. The molecule has 0 aliphatic rings. The summed E-state index contributed by atoms with van der Waals surface area (Å²) in [5.41, 5.74) is 2.60. The van der Waals surface area contributed by atoms with Crippen molar-refractivity contribution in [2.24, 2.45) is 0 Å². The van der Waals surface area contributed by atoms with E-state index in [-0.39, 0.29) is 29.8 Å². The van der Waals surface area contributed by atoms with Crippen molar-refractivity contribution in [1.29, 1.82) is 0 Å². The highest BCUT2D eigenvalue weighted by atomic mass is 35.5. The molecule has 0 saturated carbocycles. The summed E-state index contributed by atoms with van der Waals surface area (Å²) in [5.74, 6) is -0.936. The molecule has 0 radical (unpaired) electrons. The van der Waals surface area contributed by atoms with Crippen LogP contribution in [0.2, 0.25) is 15.1 Å². The summed E-state index contributed by atoms with van der Waals surface area (Å²) >= 11 is 19.0. The monoisotopic (exact) mass is 651 g/mol. The molecule has 2 atom stereocenters. The SMILES string of the molecule is CC[C@H](C(=O)N[C@@H](C)CC)N(Cc1c(Cl)cccc1Cl)C(=O)CN(c1ccc(C)c(C)c1)S(=O)(=O)c1ccc(Cl)cc1. The molecule has 3 aromatic carbocycles. The van der Waals surface area contributed by atoms with Gasteiger partial charge in [0.2, 0.25) is 11.8 Å². The zero-order chi connectivity index (χ0) is 31.2. The Labute approximate surface area is 263 Å². The van der Waals surface area contributed by atoms with E-state index in [4.69, 9.17) is 34.8 Å². The van der Waals surface area contributed by atoms with Crippen LogP contribution < -0.4 is 9.62 Å². The molecule has 0 bridgehead atoms. The molecule has 1 N–H and O–H groups in total. The maximum Gasteiger partial charge on any atom is 0.264 e. The Morgan fingerprint density at radius 3 is 2.05 bits per heavy atom. The van der Waals surface area contributed by atoms with Gasteiger partial charge in [0.15, 0.2) is 0 Å². The van der Waals surface area contributed by atoms with E-state index >= 15 is 0 Å². The van der Waals surface area contributed by atoms with Gasteiger partial charge >= 0.3 is 0 Å². The Hall–Kier alpha value is -2.78. The van der Waals surface area contributed by atoms with Gasteiger partial charge in [-0.15, -0.1) is 0 Å². The van der Waals surface area contributed by atoms with Gasteiger partial charge in [0.25, 0.3) is 10.0 Å². The summed E-state index contributed by atoms with van der Waals surface area (Å²) in [4.78, 5) is 29.0. The topological polar surface area (TPSA) is 86.8 Å². The van der Waals surface area contributed by atoms with Gasteiger partial charge in [0.05, 0.1) is 10.6 Å². The van der Waals surface area contributed by atoms with Gasteiger partial charge in [-0.05, 0) is 93.3 Å². The average Bonchev–Trinajstić information content (AvgIpc) is 2.94. The second kappa shape index (κ2) is 14.6. The largest absolute Gasteiger partial charge is 0.352 e. The van der Waals surface area contributed by atoms with Gasteiger partial charge < -0.3 is 10.2 Å². The third-order valence-corrected chi connectivity index (χ3v) is 9.98. The maximum absolute atomic E-state index is 14.2. The summed E-state index contributed by atoms with van der Waals surface area (Å²) in [6.45, 7) is 8.74. The molecular formula is C31H36Cl3N3O4S. The van der Waals surface area contributed by atoms with Crippen LogP contribution in [0.5, 0.6) is 0 Å². The molecule has 2 amide bonds. The Morgan fingerprint density at radius 1 is 0.881 bits per heavy atom. The first-order chi connectivity index (χ1) is 19.8. The first kappa shape index (κ1) is 33.7. The number of sulfonamides is 1. The van der Waals surface area contributed by atoms with Crippen LogP contribution in [0.1, 0.15) is 50.3 Å². The van der Waals surface area contributed by atoms with Gasteiger partial charge in [-0.3, -0.25) is 13.9 Å². The smallest absolute Gasteiger partial charge is 0.264 e. The third-order valence-electron chi connectivity index (χ3n) is 7.24. The Balaban J connectivity index is 2.12. The molecular weight excluding hydrogens is 617 g/mol. The number of benzene rings is 3. The van der Waals surface area contributed by atoms with Gasteiger partial charge in [0, 0.05) is 33.2 Å². The van der Waals surface area contributed by atoms with Crippen molar-refractivity contribution in [3.05, 3.63) is 92.4 Å². The summed E-state index contributed by atoms with van der Waals surface area (Å²) in [6, 6.07) is 14.9. The quantitative estimate of drug-likeness (QED) is 0.225. The van der Waals surface area contributed by atoms with Crippen molar-refractivity contribution in [2.75, 3.05) is 10.8 Å². The number of aryl methyl sites for hydroxylation is 2. The first-order valence-electron chi connectivity index (χ1n) is 13.7. The molecule has 0 fully saturated rings. The number of halogens is 3. The van der Waals surface area contributed by atoms with Crippen LogP contribution >= 0.6 is 34.8 Å². The van der Waals surface area contributed by atoms with Crippen molar-refractivity contribution in [3.8, 4) is 0 Å². The van der Waals surface area contributed by atoms with Crippen LogP contribution in [0.15, 0.2) is 65.6 Å². The van der Waals surface area contributed by atoms with Gasteiger partial charge in [-0.25, -0.2) is 8.42 Å². The molecule has 226 valence electrons. The lowest BCUT2D eigenvalue weighted by atomic mass is 10.1. The number of hydrogen-bond acceptors (Lipinski definition) is 4. The van der Waals surface area contributed by atoms with Crippen molar-refractivity contribution in [3.63, 3.8) is 0 Å². The van der Waals surface area contributed by atoms with E-state index in [9.17, 15) is 18.0 Å². The molecule has 0 aromatic heterocycles. The van der Waals surface area contributed by atoms with Crippen LogP contribution in [0, 0.1) is 13.8 Å². The minimum Gasteiger partial charge on any atom is -0.352 e. The minimum absolute atomic E-state index is 0.0276. The Morgan fingerprint density at radius 2 is 1.50 bits per heavy atom. The zero-order valence-corrected chi connectivity index (χ0v) is 27.4. The van der Waals surface area contributed by atoms with Crippen molar-refractivity contribution in [2.45, 2.75) is 71.0 Å². The molecule has 0 spiro atoms. The highest BCUT2D eigenvalue weighted by Gasteiger charge is 2.34. The number of carbonyl (C=O) groups excluding carboxylic acids is 2. The molecule has 0 aliphatic heterocycles. The van der Waals surface area contributed by atoms with E-state index in [1.165, 1.54) is 29.2 Å². The molecule has 3 rings (SSSR count). The third kappa shape index (κ3) is 7.98. The number of amides is 2. The lowest BCUT2D eigenvalue weighted by Crippen LogP contribution is -2.53. The number of rotatable bonds is 12. The van der Waals surface area contributed by atoms with Gasteiger partial charge in [-0.1, -0.05) is 60.8 Å². The molecule has 42 heavy (non-hydrogen) atoms. The summed E-state index contributed by atoms with van der Waals surface area (Å²) < 4.78 is 29.1. The highest BCUT2D eigenvalue weighted by Crippen LogP contribution is 2.30. The first-order valence-corrected chi connectivity index (χ1v) is 16.3. The highest BCUT2D eigenvalue weighted by molar-refractivity contribution is 7.92. The molecule has 11 heteroatoms. The molecule has 3 aromatic rings. The van der Waals surface area contributed by atoms with Crippen molar-refractivity contribution >= 4 is 62.3 Å². The van der Waals surface area contributed by atoms with E-state index in [0.717, 1.165) is 15.4 Å². The standard InChI is InChI=1S/C31H36Cl3N3O4S/c1-6-22(5)35-31(39)29(7-2)36(18-26-27(33)9-8-10-28(26)34)30(38)19-37(24-14-11-20(3)21(4)17-24)42(40,41)25-15-12-23(32)13-16-25/h8-17,22,29H,6-7,18-19H2,1-5H3,(H,35,39)/t22-,29+/m0/s1. The lowest BCUT2D eigenvalue weighted by Gasteiger charge is -2.34. The fraction of sp³-hybridized carbons (Fsp3) is 0.355. The number of hydrogen-bond donors (Lipinski definition) is 1. The minimum atomic E-state index is -4.22. The Kier molecular flexibility index (Phi) is 11.7. The van der Waals surface area contributed by atoms with Crippen LogP contribution in [0.3, 0.4) is 0 Å². The van der Waals surface area contributed by atoms with Crippen molar-refractivity contribution in [1.82, 2.24) is 10.2 Å². The number of nitrogens with zero attached hydrogens (tertiary/aromatic N) is 2. The van der Waals surface area contributed by atoms with Crippen LogP contribution in [-0.4, -0.2) is 43.8 Å². The average molecular weight is 653 g/mol. The van der Waals surface area contributed by atoms with Crippen LogP contribution in [0.4, 0.5) is 5.69 Å². The predicted octanol–water partition coefficient (Wildman–Crippen LogP) is 7.18. The van der Waals surface area contributed by atoms with Gasteiger partial charge in [0.1, 0.15) is 12.6 Å². The normalized spacial score (nSPS) is 12.9. The summed E-state index contributed by atoms with van der Waals surface area (Å²) in [7, 11) is -4.22. The number of nitrogens with one attached hydrogen (secondary N) is 1. The molecule has 0 unspecified atom stereocenters. The van der Waals surface area contributed by atoms with E-state index in [1.54, 1.807) is 43.3 Å². The zero-order valence-electron chi connectivity index (χ0n) is 24.3. The summed E-state index contributed by atoms with van der Waals surface area (Å²) in [6.07, 6.45) is 0.982. The van der Waals surface area contributed by atoms with Gasteiger partial charge in [-0.2, -0.15) is 0 Å². The molecule has 7 nitrogen and oxygen atoms in total. The van der Waals surface area contributed by atoms with E-state index < -0.39 is 28.5 Å². The number of carbonyl (C=O) groups is 2. The molecule has 0 heterocycles. The fourth-order valence-corrected chi connectivity index (χ4v) is 6.41. The van der Waals surface area contributed by atoms with Crippen LogP contribution in [-0.2, 0) is 26.2 Å². The van der Waals surface area contributed by atoms with E-state index in [1.807, 2.05) is 27.7 Å².